The number of piperidine rings is 1. The number of rotatable bonds is 3. The summed E-state index contributed by atoms with van der Waals surface area (Å²) in [6.45, 7) is 2.26. The zero-order valence-corrected chi connectivity index (χ0v) is 18.0. The van der Waals surface area contributed by atoms with Crippen molar-refractivity contribution in [3.8, 4) is 5.75 Å². The Labute approximate surface area is 178 Å². The molecule has 2 heterocycles. The van der Waals surface area contributed by atoms with E-state index in [1.807, 2.05) is 4.90 Å². The van der Waals surface area contributed by atoms with Crippen LogP contribution in [-0.2, 0) is 4.79 Å². The largest absolute Gasteiger partial charge is 0.496 e. The van der Waals surface area contributed by atoms with E-state index in [9.17, 15) is 9.59 Å². The second kappa shape index (κ2) is 8.55. The van der Waals surface area contributed by atoms with Crippen LogP contribution >= 0.6 is 11.6 Å². The minimum Gasteiger partial charge on any atom is -0.496 e. The highest BCUT2D eigenvalue weighted by Gasteiger charge is 2.41. The minimum atomic E-state index is -0.369. The summed E-state index contributed by atoms with van der Waals surface area (Å²) < 4.78 is 5.36. The van der Waals surface area contributed by atoms with Crippen LogP contribution in [0, 0.1) is 5.41 Å². The average Bonchev–Trinajstić information content (AvgIpc) is 3.24. The van der Waals surface area contributed by atoms with E-state index in [4.69, 9.17) is 16.3 Å². The summed E-state index contributed by atoms with van der Waals surface area (Å²) in [5, 5.41) is 0.491. The number of hydrogen-bond acceptors (Lipinski definition) is 3. The van der Waals surface area contributed by atoms with Crippen molar-refractivity contribution >= 4 is 23.4 Å². The first-order valence-electron chi connectivity index (χ1n) is 11.0. The van der Waals surface area contributed by atoms with Gasteiger partial charge >= 0.3 is 0 Å². The van der Waals surface area contributed by atoms with Gasteiger partial charge in [0.05, 0.1) is 12.7 Å². The molecule has 1 spiro atoms. The third kappa shape index (κ3) is 4.11. The highest BCUT2D eigenvalue weighted by Crippen LogP contribution is 2.44. The molecule has 5 nitrogen and oxygen atoms in total. The molecule has 1 aliphatic carbocycles. The molecule has 2 amide bonds. The molecule has 6 heteroatoms. The highest BCUT2D eigenvalue weighted by atomic mass is 35.5. The molecular weight excluding hydrogens is 388 g/mol. The number of amides is 2. The first-order chi connectivity index (χ1) is 14.0. The van der Waals surface area contributed by atoms with Crippen molar-refractivity contribution < 1.29 is 14.3 Å². The molecular formula is C23H31ClN2O3. The molecule has 2 saturated heterocycles. The van der Waals surface area contributed by atoms with E-state index in [2.05, 4.69) is 0 Å². The molecule has 3 aliphatic rings. The molecule has 1 aromatic carbocycles. The Hall–Kier alpha value is -1.75. The predicted octanol–water partition coefficient (Wildman–Crippen LogP) is 4.53. The highest BCUT2D eigenvalue weighted by molar-refractivity contribution is 6.31. The topological polar surface area (TPSA) is 49.9 Å². The lowest BCUT2D eigenvalue weighted by molar-refractivity contribution is -0.138. The number of nitrogens with zero attached hydrogens (tertiary/aromatic N) is 2. The van der Waals surface area contributed by atoms with Gasteiger partial charge in [-0.05, 0) is 62.1 Å². The van der Waals surface area contributed by atoms with Crippen molar-refractivity contribution in [3.05, 3.63) is 28.8 Å². The maximum atomic E-state index is 13.3. The zero-order valence-electron chi connectivity index (χ0n) is 17.3. The molecule has 158 valence electrons. The van der Waals surface area contributed by atoms with Gasteiger partial charge < -0.3 is 14.5 Å². The van der Waals surface area contributed by atoms with Crippen molar-refractivity contribution in [2.24, 2.45) is 5.41 Å². The van der Waals surface area contributed by atoms with Gasteiger partial charge in [0, 0.05) is 24.7 Å². The van der Waals surface area contributed by atoms with E-state index >= 15 is 0 Å². The van der Waals surface area contributed by atoms with E-state index in [1.54, 1.807) is 30.2 Å². The van der Waals surface area contributed by atoms with Gasteiger partial charge in [-0.2, -0.15) is 0 Å². The summed E-state index contributed by atoms with van der Waals surface area (Å²) in [7, 11) is 1.54. The summed E-state index contributed by atoms with van der Waals surface area (Å²) >= 11 is 6.11. The Balaban J connectivity index is 1.45. The molecule has 1 unspecified atom stereocenters. The van der Waals surface area contributed by atoms with E-state index in [1.165, 1.54) is 32.1 Å². The lowest BCUT2D eigenvalue weighted by Gasteiger charge is -2.45. The molecule has 2 aliphatic heterocycles. The third-order valence-corrected chi connectivity index (χ3v) is 7.48. The SMILES string of the molecule is COc1ccc(Cl)cc1C(=O)N1CCCC1C(=O)N1CCC2(CCCCC2)CC1. The number of halogens is 1. The van der Waals surface area contributed by atoms with Crippen molar-refractivity contribution in [2.45, 2.75) is 63.8 Å². The second-order valence-electron chi connectivity index (χ2n) is 8.89. The fraction of sp³-hybridized carbons (Fsp3) is 0.652. The van der Waals surface area contributed by atoms with Crippen molar-refractivity contribution in [1.82, 2.24) is 9.80 Å². The van der Waals surface area contributed by atoms with E-state index in [0.717, 1.165) is 38.8 Å². The third-order valence-electron chi connectivity index (χ3n) is 7.24. The second-order valence-corrected chi connectivity index (χ2v) is 9.32. The summed E-state index contributed by atoms with van der Waals surface area (Å²) in [5.74, 6) is 0.443. The van der Waals surface area contributed by atoms with Gasteiger partial charge in [0.25, 0.3) is 5.91 Å². The number of methoxy groups -OCH3 is 1. The van der Waals surface area contributed by atoms with Crippen LogP contribution in [0.3, 0.4) is 0 Å². The Morgan fingerprint density at radius 1 is 1.03 bits per heavy atom. The standard InChI is InChI=1S/C23H31ClN2O3/c1-29-20-8-7-17(24)16-18(20)21(27)26-13-5-6-19(26)22(28)25-14-11-23(12-15-25)9-3-2-4-10-23/h7-8,16,19H,2-6,9-15H2,1H3. The number of carbonyl (C=O) groups excluding carboxylic acids is 2. The molecule has 1 saturated carbocycles. The minimum absolute atomic E-state index is 0.113. The van der Waals surface area contributed by atoms with Crippen molar-refractivity contribution in [2.75, 3.05) is 26.7 Å². The van der Waals surface area contributed by atoms with Gasteiger partial charge in [-0.15, -0.1) is 0 Å². The van der Waals surface area contributed by atoms with Crippen LogP contribution in [0.4, 0.5) is 0 Å². The van der Waals surface area contributed by atoms with Crippen molar-refractivity contribution in [1.29, 1.82) is 0 Å². The Morgan fingerprint density at radius 3 is 2.45 bits per heavy atom. The Kier molecular flexibility index (Phi) is 6.05. The van der Waals surface area contributed by atoms with Gasteiger partial charge in [0.2, 0.25) is 5.91 Å². The summed E-state index contributed by atoms with van der Waals surface area (Å²) in [6, 6.07) is 4.68. The molecule has 0 N–H and O–H groups in total. The molecule has 1 atom stereocenters. The Bertz CT molecular complexity index is 765. The predicted molar refractivity (Wildman–Crippen MR) is 113 cm³/mol. The van der Waals surface area contributed by atoms with Gasteiger partial charge in [0.15, 0.2) is 0 Å². The van der Waals surface area contributed by atoms with Crippen LogP contribution in [0.1, 0.15) is 68.1 Å². The first-order valence-corrected chi connectivity index (χ1v) is 11.3. The van der Waals surface area contributed by atoms with Gasteiger partial charge in [-0.3, -0.25) is 9.59 Å². The molecule has 1 aromatic rings. The fourth-order valence-corrected chi connectivity index (χ4v) is 5.65. The van der Waals surface area contributed by atoms with Crippen LogP contribution < -0.4 is 4.74 Å². The van der Waals surface area contributed by atoms with Gasteiger partial charge in [-0.1, -0.05) is 30.9 Å². The van der Waals surface area contributed by atoms with E-state index in [-0.39, 0.29) is 17.9 Å². The van der Waals surface area contributed by atoms with E-state index in [0.29, 0.717) is 28.3 Å². The number of hydrogen-bond donors (Lipinski definition) is 0. The van der Waals surface area contributed by atoms with Crippen LogP contribution in [0.5, 0.6) is 5.75 Å². The fourth-order valence-electron chi connectivity index (χ4n) is 5.48. The lowest BCUT2D eigenvalue weighted by Crippen LogP contribution is -2.51. The van der Waals surface area contributed by atoms with Crippen LogP contribution in [0.15, 0.2) is 18.2 Å². The molecule has 0 radical (unpaired) electrons. The normalized spacial score (nSPS) is 24.0. The average molecular weight is 419 g/mol. The quantitative estimate of drug-likeness (QED) is 0.724. The summed E-state index contributed by atoms with van der Waals surface area (Å²) in [5.41, 5.74) is 0.897. The van der Waals surface area contributed by atoms with Gasteiger partial charge in [-0.25, -0.2) is 0 Å². The molecule has 0 bridgehead atoms. The number of benzene rings is 1. The first kappa shape index (κ1) is 20.5. The van der Waals surface area contributed by atoms with E-state index < -0.39 is 0 Å². The maximum Gasteiger partial charge on any atom is 0.258 e. The zero-order chi connectivity index (χ0) is 20.4. The number of carbonyl (C=O) groups is 2. The summed E-state index contributed by atoms with van der Waals surface area (Å²) in [6.07, 6.45) is 10.5. The smallest absolute Gasteiger partial charge is 0.258 e. The molecule has 4 rings (SSSR count). The number of likely N-dealkylation sites (tertiary alicyclic amines) is 2. The number of ether oxygens (including phenoxy) is 1. The monoisotopic (exact) mass is 418 g/mol. The summed E-state index contributed by atoms with van der Waals surface area (Å²) in [4.78, 5) is 30.3. The maximum absolute atomic E-state index is 13.3. The van der Waals surface area contributed by atoms with Crippen LogP contribution in [0.2, 0.25) is 5.02 Å². The lowest BCUT2D eigenvalue weighted by atomic mass is 9.68. The van der Waals surface area contributed by atoms with Crippen LogP contribution in [0.25, 0.3) is 0 Å². The molecule has 0 aromatic heterocycles. The Morgan fingerprint density at radius 2 is 1.76 bits per heavy atom. The van der Waals surface area contributed by atoms with Crippen molar-refractivity contribution in [3.63, 3.8) is 0 Å². The molecule has 29 heavy (non-hydrogen) atoms. The molecule has 3 fully saturated rings. The van der Waals surface area contributed by atoms with Gasteiger partial charge in [0.1, 0.15) is 11.8 Å². The van der Waals surface area contributed by atoms with Crippen LogP contribution in [-0.4, -0.2) is 54.4 Å².